The molecule has 1 aromatic heterocycles. The molecule has 0 saturated carbocycles. The topological polar surface area (TPSA) is 26.5 Å². The molecule has 0 amide bonds. The summed E-state index contributed by atoms with van der Waals surface area (Å²) in [6, 6.07) is 0. The molecule has 1 heterocycles. The fourth-order valence-electron chi connectivity index (χ4n) is 1.03. The van der Waals surface area contributed by atoms with Crippen LogP contribution in [0.3, 0.4) is 0 Å². The minimum absolute atomic E-state index is 0.859. The molecular formula is C8H12N2OS2. The van der Waals surface area contributed by atoms with Gasteiger partial charge in [-0.2, -0.15) is 0 Å². The Bertz CT molecular complexity index is 389. The van der Waals surface area contributed by atoms with Crippen molar-refractivity contribution in [3.05, 3.63) is 14.5 Å². The van der Waals surface area contributed by atoms with Crippen molar-refractivity contribution >= 4 is 29.3 Å². The molecule has 0 atom stereocenters. The first-order valence-corrected chi connectivity index (χ1v) is 5.05. The van der Waals surface area contributed by atoms with Gasteiger partial charge in [0.15, 0.2) is 3.95 Å². The lowest BCUT2D eigenvalue weighted by Gasteiger charge is -1.98. The number of hydrogen-bond acceptors (Lipinski definition) is 4. The molecule has 0 saturated heterocycles. The zero-order chi connectivity index (χ0) is 10.0. The third-order valence-electron chi connectivity index (χ3n) is 1.85. The smallest absolute Gasteiger partial charge is 0.161 e. The molecule has 72 valence electrons. The molecule has 0 bridgehead atoms. The summed E-state index contributed by atoms with van der Waals surface area (Å²) >= 11 is 6.71. The highest BCUT2D eigenvalue weighted by molar-refractivity contribution is 7.73. The number of rotatable bonds is 2. The van der Waals surface area contributed by atoms with Crippen LogP contribution in [0.4, 0.5) is 0 Å². The molecule has 13 heavy (non-hydrogen) atoms. The van der Waals surface area contributed by atoms with Gasteiger partial charge in [-0.3, -0.25) is 0 Å². The van der Waals surface area contributed by atoms with Crippen LogP contribution >= 0.6 is 23.6 Å². The molecule has 0 aliphatic heterocycles. The fraction of sp³-hybridized carbons (Fsp3) is 0.500. The summed E-state index contributed by atoms with van der Waals surface area (Å²) in [5.41, 5.74) is 2.00. The van der Waals surface area contributed by atoms with Crippen molar-refractivity contribution in [3.8, 4) is 0 Å². The summed E-state index contributed by atoms with van der Waals surface area (Å²) in [6.45, 7) is 3.94. The highest BCUT2D eigenvalue weighted by atomic mass is 32.1. The van der Waals surface area contributed by atoms with Crippen molar-refractivity contribution < 1.29 is 4.84 Å². The Morgan fingerprint density at radius 3 is 2.62 bits per heavy atom. The summed E-state index contributed by atoms with van der Waals surface area (Å²) in [7, 11) is 3.50. The lowest BCUT2D eigenvalue weighted by atomic mass is 10.3. The van der Waals surface area contributed by atoms with Gasteiger partial charge in [0.2, 0.25) is 0 Å². The molecule has 0 N–H and O–H groups in total. The van der Waals surface area contributed by atoms with Crippen molar-refractivity contribution in [1.29, 1.82) is 0 Å². The van der Waals surface area contributed by atoms with E-state index in [9.17, 15) is 0 Å². The second kappa shape index (κ2) is 4.02. The Labute approximate surface area is 86.6 Å². The minimum Gasteiger partial charge on any atom is -0.399 e. The van der Waals surface area contributed by atoms with Gasteiger partial charge in [-0.1, -0.05) is 5.16 Å². The second-order valence-corrected chi connectivity index (χ2v) is 4.34. The predicted octanol–water partition coefficient (Wildman–Crippen LogP) is 2.49. The van der Waals surface area contributed by atoms with Crippen LogP contribution < -0.4 is 0 Å². The van der Waals surface area contributed by atoms with E-state index in [0.717, 1.165) is 20.2 Å². The Hall–Kier alpha value is -0.680. The van der Waals surface area contributed by atoms with Crippen LogP contribution in [0.5, 0.6) is 0 Å². The van der Waals surface area contributed by atoms with Gasteiger partial charge in [0.05, 0.1) is 10.6 Å². The Balaban J connectivity index is 3.24. The Morgan fingerprint density at radius 2 is 2.23 bits per heavy atom. The van der Waals surface area contributed by atoms with E-state index in [4.69, 9.17) is 17.1 Å². The summed E-state index contributed by atoms with van der Waals surface area (Å²) in [5, 5.41) is 3.88. The summed E-state index contributed by atoms with van der Waals surface area (Å²) in [6.07, 6.45) is 0. The van der Waals surface area contributed by atoms with Crippen LogP contribution in [0, 0.1) is 10.9 Å². The Morgan fingerprint density at radius 1 is 1.62 bits per heavy atom. The maximum absolute atomic E-state index is 5.15. The van der Waals surface area contributed by atoms with E-state index in [0.29, 0.717) is 0 Å². The van der Waals surface area contributed by atoms with Crippen molar-refractivity contribution in [2.45, 2.75) is 13.8 Å². The lowest BCUT2D eigenvalue weighted by Crippen LogP contribution is -1.98. The van der Waals surface area contributed by atoms with E-state index in [1.165, 1.54) is 0 Å². The van der Waals surface area contributed by atoms with Gasteiger partial charge in [-0.15, -0.1) is 11.3 Å². The maximum Gasteiger partial charge on any atom is 0.161 e. The number of aromatic nitrogens is 1. The van der Waals surface area contributed by atoms with E-state index in [-0.39, 0.29) is 0 Å². The minimum atomic E-state index is 0.859. The van der Waals surface area contributed by atoms with E-state index in [1.807, 2.05) is 25.5 Å². The SMILES string of the molecule is CON=C(C)c1sc(=S)n(C)c1C. The Kier molecular flexibility index (Phi) is 3.22. The van der Waals surface area contributed by atoms with Crippen molar-refractivity contribution in [2.24, 2.45) is 12.2 Å². The van der Waals surface area contributed by atoms with E-state index in [1.54, 1.807) is 18.4 Å². The molecule has 0 spiro atoms. The molecule has 0 unspecified atom stereocenters. The normalized spacial score (nSPS) is 11.8. The number of hydrogen-bond donors (Lipinski definition) is 0. The fourth-order valence-corrected chi connectivity index (χ4v) is 2.34. The third kappa shape index (κ3) is 1.97. The van der Waals surface area contributed by atoms with Gasteiger partial charge in [-0.05, 0) is 26.1 Å². The molecular weight excluding hydrogens is 204 g/mol. The summed E-state index contributed by atoms with van der Waals surface area (Å²) < 4.78 is 2.84. The second-order valence-electron chi connectivity index (χ2n) is 2.70. The third-order valence-corrected chi connectivity index (χ3v) is 3.62. The van der Waals surface area contributed by atoms with Gasteiger partial charge in [0.25, 0.3) is 0 Å². The molecule has 0 aromatic carbocycles. The molecule has 5 heteroatoms. The number of nitrogens with zero attached hydrogens (tertiary/aromatic N) is 2. The van der Waals surface area contributed by atoms with Crippen molar-refractivity contribution in [3.63, 3.8) is 0 Å². The zero-order valence-electron chi connectivity index (χ0n) is 8.12. The first kappa shape index (κ1) is 10.4. The monoisotopic (exact) mass is 216 g/mol. The van der Waals surface area contributed by atoms with Crippen LogP contribution in [0.25, 0.3) is 0 Å². The van der Waals surface area contributed by atoms with Crippen LogP contribution in [0.2, 0.25) is 0 Å². The molecule has 0 fully saturated rings. The highest BCUT2D eigenvalue weighted by Gasteiger charge is 2.08. The average Bonchev–Trinajstić information content (AvgIpc) is 2.33. The molecule has 1 aromatic rings. The largest absolute Gasteiger partial charge is 0.399 e. The highest BCUT2D eigenvalue weighted by Crippen LogP contribution is 2.18. The van der Waals surface area contributed by atoms with Gasteiger partial charge in [0, 0.05) is 12.7 Å². The predicted molar refractivity (Wildman–Crippen MR) is 58.1 cm³/mol. The maximum atomic E-state index is 5.15. The quantitative estimate of drug-likeness (QED) is 0.431. The zero-order valence-corrected chi connectivity index (χ0v) is 9.75. The first-order chi connectivity index (χ1) is 6.07. The van der Waals surface area contributed by atoms with Crippen LogP contribution in [-0.2, 0) is 11.9 Å². The van der Waals surface area contributed by atoms with Crippen molar-refractivity contribution in [1.82, 2.24) is 4.57 Å². The van der Waals surface area contributed by atoms with Gasteiger partial charge >= 0.3 is 0 Å². The van der Waals surface area contributed by atoms with E-state index in [2.05, 4.69) is 5.16 Å². The molecule has 1 rings (SSSR count). The van der Waals surface area contributed by atoms with Crippen LogP contribution in [0.1, 0.15) is 17.5 Å². The van der Waals surface area contributed by atoms with Crippen molar-refractivity contribution in [2.75, 3.05) is 7.11 Å². The molecule has 0 aliphatic rings. The van der Waals surface area contributed by atoms with Gasteiger partial charge < -0.3 is 9.40 Å². The number of oxime groups is 1. The molecule has 0 radical (unpaired) electrons. The van der Waals surface area contributed by atoms with Gasteiger partial charge in [0.1, 0.15) is 7.11 Å². The lowest BCUT2D eigenvalue weighted by molar-refractivity contribution is 0.213. The standard InChI is InChI=1S/C8H12N2OS2/c1-5(9-11-4)7-6(2)10(3)8(12)13-7/h1-4H3. The molecule has 0 aliphatic carbocycles. The van der Waals surface area contributed by atoms with Gasteiger partial charge in [-0.25, -0.2) is 0 Å². The van der Waals surface area contributed by atoms with Crippen LogP contribution in [0.15, 0.2) is 5.16 Å². The first-order valence-electron chi connectivity index (χ1n) is 3.82. The van der Waals surface area contributed by atoms with E-state index >= 15 is 0 Å². The number of thiazole rings is 1. The average molecular weight is 216 g/mol. The van der Waals surface area contributed by atoms with E-state index < -0.39 is 0 Å². The summed E-state index contributed by atoms with van der Waals surface area (Å²) in [5.74, 6) is 0. The summed E-state index contributed by atoms with van der Waals surface area (Å²) in [4.78, 5) is 5.81. The molecule has 3 nitrogen and oxygen atoms in total. The van der Waals surface area contributed by atoms with Crippen LogP contribution in [-0.4, -0.2) is 17.4 Å².